The molecule has 5 rings (SSSR count). The Morgan fingerprint density at radius 2 is 2.07 bits per heavy atom. The van der Waals surface area contributed by atoms with Crippen molar-refractivity contribution in [2.75, 3.05) is 44.7 Å². The number of ether oxygens (including phenoxy) is 1. The normalized spacial score (nSPS) is 22.8. The molecule has 1 amide bonds. The number of carbonyl (C=O) groups excluding carboxylic acids is 1. The molecule has 4 heterocycles. The number of H-pyrrole nitrogens is 1. The van der Waals surface area contributed by atoms with E-state index in [-0.39, 0.29) is 5.91 Å². The van der Waals surface area contributed by atoms with E-state index in [0.717, 1.165) is 50.2 Å². The Morgan fingerprint density at radius 3 is 2.75 bits per heavy atom. The number of amides is 1. The molecule has 0 aromatic carbocycles. The summed E-state index contributed by atoms with van der Waals surface area (Å²) in [4.78, 5) is 21.7. The minimum absolute atomic E-state index is 0.280. The summed E-state index contributed by atoms with van der Waals surface area (Å²) in [5.74, 6) is 1.47. The molecule has 1 saturated carbocycles. The van der Waals surface area contributed by atoms with Crippen molar-refractivity contribution in [2.24, 2.45) is 0 Å². The number of rotatable bonds is 5. The zero-order valence-corrected chi connectivity index (χ0v) is 16.4. The van der Waals surface area contributed by atoms with Gasteiger partial charge in [0, 0.05) is 44.8 Å². The molecule has 0 bridgehead atoms. The minimum atomic E-state index is 0.280. The number of carbonyl (C=O) groups is 1. The Kier molecular flexibility index (Phi) is 4.58. The Labute approximate surface area is 164 Å². The average Bonchev–Trinajstić information content (AvgIpc) is 3.28. The Balaban J connectivity index is 1.36. The molecule has 8 nitrogen and oxygen atoms in total. The van der Waals surface area contributed by atoms with E-state index >= 15 is 0 Å². The predicted octanol–water partition coefficient (Wildman–Crippen LogP) is 1.63. The van der Waals surface area contributed by atoms with Crippen LogP contribution in [0.2, 0.25) is 0 Å². The summed E-state index contributed by atoms with van der Waals surface area (Å²) in [7, 11) is 1.65. The summed E-state index contributed by atoms with van der Waals surface area (Å²) in [6.07, 6.45) is 7.35. The molecule has 2 saturated heterocycles. The van der Waals surface area contributed by atoms with Gasteiger partial charge in [0.05, 0.1) is 12.8 Å². The van der Waals surface area contributed by atoms with E-state index < -0.39 is 0 Å². The number of nitrogens with one attached hydrogen (secondary N) is 2. The van der Waals surface area contributed by atoms with Crippen molar-refractivity contribution >= 4 is 22.6 Å². The largest absolute Gasteiger partial charge is 0.479 e. The summed E-state index contributed by atoms with van der Waals surface area (Å²) in [6.45, 7) is 4.23. The minimum Gasteiger partial charge on any atom is -0.479 e. The van der Waals surface area contributed by atoms with Crippen LogP contribution >= 0.6 is 0 Å². The van der Waals surface area contributed by atoms with E-state index in [1.165, 1.54) is 30.5 Å². The molecular formula is C20H28N6O2. The number of nitrogens with zero attached hydrogens (tertiary/aromatic N) is 4. The number of methoxy groups -OCH3 is 1. The molecule has 0 unspecified atom stereocenters. The molecule has 0 radical (unpaired) electrons. The Bertz CT molecular complexity index is 863. The molecule has 150 valence electrons. The highest BCUT2D eigenvalue weighted by molar-refractivity contribution is 5.96. The van der Waals surface area contributed by atoms with Gasteiger partial charge in [-0.2, -0.15) is 0 Å². The first-order valence-electron chi connectivity index (χ1n) is 10.4. The van der Waals surface area contributed by atoms with E-state index in [0.29, 0.717) is 24.3 Å². The lowest BCUT2D eigenvalue weighted by Gasteiger charge is -2.37. The third-order valence-electron chi connectivity index (χ3n) is 6.30. The first-order valence-corrected chi connectivity index (χ1v) is 10.4. The van der Waals surface area contributed by atoms with Crippen LogP contribution in [-0.2, 0) is 4.79 Å². The number of hydrogen-bond acceptors (Lipinski definition) is 6. The van der Waals surface area contributed by atoms with Crippen molar-refractivity contribution in [2.45, 2.75) is 44.1 Å². The third kappa shape index (κ3) is 3.19. The monoisotopic (exact) mass is 384 g/mol. The molecule has 8 heteroatoms. The van der Waals surface area contributed by atoms with Gasteiger partial charge in [-0.05, 0) is 43.7 Å². The maximum Gasteiger partial charge on any atom is 0.244 e. The fraction of sp³-hybridized carbons (Fsp3) is 0.650. The van der Waals surface area contributed by atoms with E-state index in [4.69, 9.17) is 4.74 Å². The van der Waals surface area contributed by atoms with Gasteiger partial charge in [-0.3, -0.25) is 9.89 Å². The molecule has 2 aliphatic heterocycles. The van der Waals surface area contributed by atoms with Crippen LogP contribution in [0.4, 0.5) is 5.69 Å². The van der Waals surface area contributed by atoms with Crippen molar-refractivity contribution in [3.05, 3.63) is 11.8 Å². The summed E-state index contributed by atoms with van der Waals surface area (Å²) in [6, 6.07) is 0.363. The molecule has 3 aliphatic rings. The molecule has 3 fully saturated rings. The second-order valence-electron chi connectivity index (χ2n) is 8.16. The fourth-order valence-corrected chi connectivity index (χ4v) is 4.60. The van der Waals surface area contributed by atoms with Gasteiger partial charge in [-0.25, -0.2) is 4.98 Å². The zero-order chi connectivity index (χ0) is 19.1. The number of piperazine rings is 1. The van der Waals surface area contributed by atoms with Gasteiger partial charge in [0.1, 0.15) is 5.39 Å². The van der Waals surface area contributed by atoms with Crippen LogP contribution in [0.15, 0.2) is 6.20 Å². The first kappa shape index (κ1) is 17.7. The van der Waals surface area contributed by atoms with E-state index in [1.807, 2.05) is 11.1 Å². The maximum atomic E-state index is 12.7. The van der Waals surface area contributed by atoms with Crippen LogP contribution < -0.4 is 15.0 Å². The fourth-order valence-electron chi connectivity index (χ4n) is 4.60. The molecule has 2 N–H and O–H groups in total. The molecular weight excluding hydrogens is 356 g/mol. The van der Waals surface area contributed by atoms with Crippen LogP contribution in [0, 0.1) is 0 Å². The van der Waals surface area contributed by atoms with Gasteiger partial charge in [-0.1, -0.05) is 0 Å². The summed E-state index contributed by atoms with van der Waals surface area (Å²) >= 11 is 0. The smallest absolute Gasteiger partial charge is 0.244 e. The number of pyridine rings is 1. The van der Waals surface area contributed by atoms with Crippen LogP contribution in [0.1, 0.15) is 43.6 Å². The molecule has 1 aliphatic carbocycles. The second kappa shape index (κ2) is 7.24. The highest BCUT2D eigenvalue weighted by atomic mass is 16.5. The first-order chi connectivity index (χ1) is 13.7. The molecule has 2 aromatic rings. The average molecular weight is 384 g/mol. The van der Waals surface area contributed by atoms with E-state index in [9.17, 15) is 4.79 Å². The van der Waals surface area contributed by atoms with Gasteiger partial charge in [0.25, 0.3) is 0 Å². The van der Waals surface area contributed by atoms with Crippen molar-refractivity contribution in [3.63, 3.8) is 0 Å². The van der Waals surface area contributed by atoms with Gasteiger partial charge in [0.2, 0.25) is 11.8 Å². The second-order valence-corrected chi connectivity index (χ2v) is 8.16. The molecule has 0 spiro atoms. The van der Waals surface area contributed by atoms with Gasteiger partial charge < -0.3 is 19.9 Å². The number of aromatic amines is 1. The van der Waals surface area contributed by atoms with Gasteiger partial charge >= 0.3 is 0 Å². The Morgan fingerprint density at radius 1 is 1.25 bits per heavy atom. The highest BCUT2D eigenvalue weighted by Crippen LogP contribution is 2.47. The van der Waals surface area contributed by atoms with Crippen LogP contribution in [-0.4, -0.2) is 71.9 Å². The third-order valence-corrected chi connectivity index (χ3v) is 6.30. The molecule has 28 heavy (non-hydrogen) atoms. The number of fused-ring (bicyclic) bond motifs is 1. The quantitative estimate of drug-likeness (QED) is 0.815. The lowest BCUT2D eigenvalue weighted by Crippen LogP contribution is -2.50. The summed E-state index contributed by atoms with van der Waals surface area (Å²) < 4.78 is 5.51. The number of aromatic nitrogens is 3. The van der Waals surface area contributed by atoms with Crippen LogP contribution in [0.5, 0.6) is 5.88 Å². The van der Waals surface area contributed by atoms with Gasteiger partial charge in [-0.15, -0.1) is 5.10 Å². The lowest BCUT2D eigenvalue weighted by atomic mass is 10.1. The van der Waals surface area contributed by atoms with Gasteiger partial charge in [0.15, 0.2) is 5.65 Å². The summed E-state index contributed by atoms with van der Waals surface area (Å²) in [5, 5.41) is 11.7. The zero-order valence-electron chi connectivity index (χ0n) is 16.4. The van der Waals surface area contributed by atoms with Crippen molar-refractivity contribution in [1.82, 2.24) is 25.4 Å². The standard InChI is InChI=1S/C20H28N6O2/c1-28-20-17-18(15(13-4-5-13)12-22-19(17)23-24-20)26-9-7-25(8-10-26)16(27)11-14-3-2-6-21-14/h12-14,21H,2-11H2,1H3,(H,22,23,24)/t14-/m0/s1. The number of hydrogen-bond donors (Lipinski definition) is 2. The topological polar surface area (TPSA) is 86.4 Å². The van der Waals surface area contributed by atoms with E-state index in [1.54, 1.807) is 7.11 Å². The maximum absolute atomic E-state index is 12.7. The van der Waals surface area contributed by atoms with Crippen molar-refractivity contribution in [1.29, 1.82) is 0 Å². The Hall–Kier alpha value is -2.35. The van der Waals surface area contributed by atoms with Crippen molar-refractivity contribution in [3.8, 4) is 5.88 Å². The predicted molar refractivity (Wildman–Crippen MR) is 107 cm³/mol. The lowest BCUT2D eigenvalue weighted by molar-refractivity contribution is -0.131. The summed E-state index contributed by atoms with van der Waals surface area (Å²) in [5.41, 5.74) is 3.26. The van der Waals surface area contributed by atoms with Crippen molar-refractivity contribution < 1.29 is 9.53 Å². The van der Waals surface area contributed by atoms with E-state index in [2.05, 4.69) is 25.4 Å². The SMILES string of the molecule is COc1n[nH]c2ncc(C3CC3)c(N3CCN(C(=O)C[C@@H]4CCCN4)CC3)c12. The molecule has 2 aromatic heterocycles. The molecule has 1 atom stereocenters. The van der Waals surface area contributed by atoms with Crippen LogP contribution in [0.25, 0.3) is 11.0 Å². The van der Waals surface area contributed by atoms with Crippen LogP contribution in [0.3, 0.4) is 0 Å². The number of anilines is 1. The highest BCUT2D eigenvalue weighted by Gasteiger charge is 2.33.